The first-order valence-electron chi connectivity index (χ1n) is 7.66. The summed E-state index contributed by atoms with van der Waals surface area (Å²) in [6.45, 7) is 3.62. The van der Waals surface area contributed by atoms with Crippen molar-refractivity contribution in [3.63, 3.8) is 0 Å². The largest absolute Gasteiger partial charge is 0.389 e. The number of rotatable bonds is 1. The van der Waals surface area contributed by atoms with Gasteiger partial charge in [0.05, 0.1) is 5.60 Å². The third kappa shape index (κ3) is 1.67. The molecule has 0 saturated heterocycles. The lowest BCUT2D eigenvalue weighted by Crippen LogP contribution is -2.60. The van der Waals surface area contributed by atoms with Crippen LogP contribution in [-0.2, 0) is 9.59 Å². The predicted molar refractivity (Wildman–Crippen MR) is 71.5 cm³/mol. The first-order valence-corrected chi connectivity index (χ1v) is 7.66. The Morgan fingerprint density at radius 3 is 2.68 bits per heavy atom. The van der Waals surface area contributed by atoms with Crippen molar-refractivity contribution < 1.29 is 14.7 Å². The molecule has 0 bridgehead atoms. The Morgan fingerprint density at radius 2 is 2.00 bits per heavy atom. The molecule has 0 unspecified atom stereocenters. The molecule has 1 N–H and O–H groups in total. The standard InChI is InChI=1S/C16H24O3/c1-10(17)13-9-15(2)11(6-7-14(15)18)12-5-3-4-8-16(12,13)19/h11-13,19H,3-9H2,1-2H3/t11-,12-,13-,15-,16-/m0/s1. The van der Waals surface area contributed by atoms with E-state index in [9.17, 15) is 14.7 Å². The Bertz CT molecular complexity index is 430. The summed E-state index contributed by atoms with van der Waals surface area (Å²) in [6.07, 6.45) is 5.97. The molecule has 3 aliphatic carbocycles. The molecule has 3 rings (SSSR count). The average Bonchev–Trinajstić information content (AvgIpc) is 2.65. The second-order valence-corrected chi connectivity index (χ2v) is 7.20. The van der Waals surface area contributed by atoms with Crippen LogP contribution in [0.1, 0.15) is 58.8 Å². The van der Waals surface area contributed by atoms with Gasteiger partial charge in [-0.25, -0.2) is 0 Å². The Morgan fingerprint density at radius 1 is 1.26 bits per heavy atom. The van der Waals surface area contributed by atoms with Crippen LogP contribution in [0.3, 0.4) is 0 Å². The van der Waals surface area contributed by atoms with Crippen molar-refractivity contribution in [2.24, 2.45) is 23.2 Å². The molecule has 3 fully saturated rings. The van der Waals surface area contributed by atoms with Crippen LogP contribution >= 0.6 is 0 Å². The average molecular weight is 264 g/mol. The van der Waals surface area contributed by atoms with Crippen LogP contribution in [0.4, 0.5) is 0 Å². The maximum atomic E-state index is 12.3. The number of hydrogen-bond donors (Lipinski definition) is 1. The lowest BCUT2D eigenvalue weighted by Gasteiger charge is -2.56. The molecule has 19 heavy (non-hydrogen) atoms. The fraction of sp³-hybridized carbons (Fsp3) is 0.875. The van der Waals surface area contributed by atoms with E-state index in [1.54, 1.807) is 6.92 Å². The van der Waals surface area contributed by atoms with E-state index < -0.39 is 5.60 Å². The zero-order chi connectivity index (χ0) is 13.8. The Balaban J connectivity index is 2.04. The van der Waals surface area contributed by atoms with Crippen LogP contribution < -0.4 is 0 Å². The van der Waals surface area contributed by atoms with Gasteiger partial charge in [0.25, 0.3) is 0 Å². The van der Waals surface area contributed by atoms with Crippen LogP contribution in [0, 0.1) is 23.2 Å². The maximum absolute atomic E-state index is 12.3. The molecular weight excluding hydrogens is 240 g/mol. The van der Waals surface area contributed by atoms with Gasteiger partial charge in [-0.15, -0.1) is 0 Å². The van der Waals surface area contributed by atoms with Crippen molar-refractivity contribution in [2.45, 2.75) is 64.4 Å². The van der Waals surface area contributed by atoms with Gasteiger partial charge in [-0.3, -0.25) is 9.59 Å². The number of hydrogen-bond acceptors (Lipinski definition) is 3. The zero-order valence-electron chi connectivity index (χ0n) is 11.9. The van der Waals surface area contributed by atoms with Gasteiger partial charge in [-0.1, -0.05) is 19.8 Å². The summed E-state index contributed by atoms with van der Waals surface area (Å²) in [4.78, 5) is 24.3. The number of aliphatic hydroxyl groups is 1. The van der Waals surface area contributed by atoms with E-state index in [1.807, 2.05) is 6.92 Å². The van der Waals surface area contributed by atoms with Gasteiger partial charge in [0.1, 0.15) is 11.6 Å². The molecule has 0 heterocycles. The molecule has 3 heteroatoms. The van der Waals surface area contributed by atoms with E-state index >= 15 is 0 Å². The highest BCUT2D eigenvalue weighted by atomic mass is 16.3. The van der Waals surface area contributed by atoms with Gasteiger partial charge in [0.2, 0.25) is 0 Å². The highest BCUT2D eigenvalue weighted by Gasteiger charge is 2.63. The van der Waals surface area contributed by atoms with Crippen LogP contribution in [0.2, 0.25) is 0 Å². The number of carbonyl (C=O) groups is 2. The normalized spacial score (nSPS) is 49.6. The molecular formula is C16H24O3. The molecule has 3 saturated carbocycles. The predicted octanol–water partition coefficient (Wildman–Crippen LogP) is 2.50. The molecule has 5 atom stereocenters. The van der Waals surface area contributed by atoms with Gasteiger partial charge in [0.15, 0.2) is 0 Å². The topological polar surface area (TPSA) is 54.4 Å². The lowest BCUT2D eigenvalue weighted by atomic mass is 9.50. The summed E-state index contributed by atoms with van der Waals surface area (Å²) in [6, 6.07) is 0. The van der Waals surface area contributed by atoms with Crippen LogP contribution in [0.15, 0.2) is 0 Å². The fourth-order valence-corrected chi connectivity index (χ4v) is 5.29. The number of carbonyl (C=O) groups excluding carboxylic acids is 2. The van der Waals surface area contributed by atoms with Crippen molar-refractivity contribution in [1.82, 2.24) is 0 Å². The van der Waals surface area contributed by atoms with Crippen LogP contribution in [0.25, 0.3) is 0 Å². The molecule has 0 aromatic heterocycles. The van der Waals surface area contributed by atoms with Crippen molar-refractivity contribution in [3.05, 3.63) is 0 Å². The monoisotopic (exact) mass is 264 g/mol. The Hall–Kier alpha value is -0.700. The van der Waals surface area contributed by atoms with E-state index in [0.29, 0.717) is 24.5 Å². The number of ketones is 2. The van der Waals surface area contributed by atoms with Crippen molar-refractivity contribution in [1.29, 1.82) is 0 Å². The Labute approximate surface area is 114 Å². The van der Waals surface area contributed by atoms with E-state index in [-0.39, 0.29) is 23.0 Å². The summed E-state index contributed by atoms with van der Waals surface area (Å²) in [7, 11) is 0. The summed E-state index contributed by atoms with van der Waals surface area (Å²) >= 11 is 0. The molecule has 3 aliphatic rings. The van der Waals surface area contributed by atoms with Crippen molar-refractivity contribution in [2.75, 3.05) is 0 Å². The Kier molecular flexibility index (Phi) is 2.90. The van der Waals surface area contributed by atoms with E-state index in [1.165, 1.54) is 0 Å². The van der Waals surface area contributed by atoms with Crippen LogP contribution in [0.5, 0.6) is 0 Å². The summed E-state index contributed by atoms with van der Waals surface area (Å²) < 4.78 is 0. The molecule has 0 aliphatic heterocycles. The molecule has 0 aromatic carbocycles. The second-order valence-electron chi connectivity index (χ2n) is 7.20. The first kappa shape index (κ1) is 13.3. The quantitative estimate of drug-likeness (QED) is 0.791. The summed E-state index contributed by atoms with van der Waals surface area (Å²) in [5.41, 5.74) is -1.19. The van der Waals surface area contributed by atoms with E-state index in [0.717, 1.165) is 32.1 Å². The summed E-state index contributed by atoms with van der Waals surface area (Å²) in [5, 5.41) is 11.1. The molecule has 0 radical (unpaired) electrons. The second kappa shape index (κ2) is 4.15. The third-order valence-electron chi connectivity index (χ3n) is 6.33. The third-order valence-corrected chi connectivity index (χ3v) is 6.33. The first-order chi connectivity index (χ1) is 8.89. The molecule has 106 valence electrons. The number of fused-ring (bicyclic) bond motifs is 3. The molecule has 0 aromatic rings. The van der Waals surface area contributed by atoms with Gasteiger partial charge in [-0.2, -0.15) is 0 Å². The minimum absolute atomic E-state index is 0.0637. The lowest BCUT2D eigenvalue weighted by molar-refractivity contribution is -0.179. The van der Waals surface area contributed by atoms with Gasteiger partial charge in [0, 0.05) is 17.8 Å². The van der Waals surface area contributed by atoms with Gasteiger partial charge >= 0.3 is 0 Å². The van der Waals surface area contributed by atoms with Crippen molar-refractivity contribution >= 4 is 11.6 Å². The highest BCUT2D eigenvalue weighted by Crippen LogP contribution is 2.61. The molecule has 3 nitrogen and oxygen atoms in total. The minimum atomic E-state index is -0.834. The van der Waals surface area contributed by atoms with E-state index in [4.69, 9.17) is 0 Å². The maximum Gasteiger partial charge on any atom is 0.139 e. The zero-order valence-corrected chi connectivity index (χ0v) is 11.9. The molecule has 0 spiro atoms. The van der Waals surface area contributed by atoms with Crippen molar-refractivity contribution in [3.8, 4) is 0 Å². The van der Waals surface area contributed by atoms with Gasteiger partial charge < -0.3 is 5.11 Å². The summed E-state index contributed by atoms with van der Waals surface area (Å²) in [5.74, 6) is 0.493. The van der Waals surface area contributed by atoms with Gasteiger partial charge in [-0.05, 0) is 44.4 Å². The van der Waals surface area contributed by atoms with Crippen LogP contribution in [-0.4, -0.2) is 22.3 Å². The molecule has 0 amide bonds. The smallest absolute Gasteiger partial charge is 0.139 e. The SMILES string of the molecule is CC(=O)[C@@H]1C[C@]2(C)C(=O)CC[C@H]2[C@@H]2CCCC[C@@]12O. The number of Topliss-reactive ketones (excluding diaryl/α,β-unsaturated/α-hetero) is 2. The highest BCUT2D eigenvalue weighted by molar-refractivity contribution is 5.89. The minimum Gasteiger partial charge on any atom is -0.389 e. The fourth-order valence-electron chi connectivity index (χ4n) is 5.29. The van der Waals surface area contributed by atoms with E-state index in [2.05, 4.69) is 0 Å².